The molecule has 2 heterocycles. The van der Waals surface area contributed by atoms with Gasteiger partial charge in [0.1, 0.15) is 11.2 Å². The van der Waals surface area contributed by atoms with Gasteiger partial charge in [0.15, 0.2) is 17.5 Å². The third-order valence-electron chi connectivity index (χ3n) is 5.54. The Bertz CT molecular complexity index is 1620. The van der Waals surface area contributed by atoms with Crippen LogP contribution in [0.4, 0.5) is 0 Å². The number of para-hydroxylation sites is 1. The van der Waals surface area contributed by atoms with Crippen molar-refractivity contribution in [3.63, 3.8) is 0 Å². The smallest absolute Gasteiger partial charge is 0.200 e. The Morgan fingerprint density at radius 2 is 1.00 bits per heavy atom. The Labute approximate surface area is 189 Å². The zero-order valence-corrected chi connectivity index (χ0v) is 17.5. The van der Waals surface area contributed by atoms with Crippen molar-refractivity contribution < 1.29 is 4.42 Å². The van der Waals surface area contributed by atoms with Gasteiger partial charge in [0.25, 0.3) is 0 Å². The highest BCUT2D eigenvalue weighted by molar-refractivity contribution is 5.91. The lowest BCUT2D eigenvalue weighted by Gasteiger charge is -2.09. The zero-order chi connectivity index (χ0) is 22.2. The summed E-state index contributed by atoms with van der Waals surface area (Å²) in [6.45, 7) is 0. The van der Waals surface area contributed by atoms with E-state index in [1.165, 1.54) is 0 Å². The monoisotopic (exact) mass is 427 g/mol. The third-order valence-corrected chi connectivity index (χ3v) is 5.54. The SMILES string of the molecule is O=c1c2ccccc2oc2cc(-c3nc(-c4ccccc4)nc(-c4ccccc4)n3)ccc12. The molecule has 0 spiro atoms. The van der Waals surface area contributed by atoms with Gasteiger partial charge in [-0.15, -0.1) is 0 Å². The summed E-state index contributed by atoms with van der Waals surface area (Å²) in [5, 5.41) is 1.09. The summed E-state index contributed by atoms with van der Waals surface area (Å²) in [5.41, 5.74) is 3.55. The Balaban J connectivity index is 1.58. The van der Waals surface area contributed by atoms with E-state index < -0.39 is 0 Å². The second kappa shape index (κ2) is 7.80. The molecule has 0 bridgehead atoms. The van der Waals surface area contributed by atoms with Crippen LogP contribution in [0.5, 0.6) is 0 Å². The van der Waals surface area contributed by atoms with Gasteiger partial charge in [-0.05, 0) is 24.3 Å². The number of fused-ring (bicyclic) bond motifs is 2. The van der Waals surface area contributed by atoms with E-state index in [-0.39, 0.29) is 5.43 Å². The fourth-order valence-electron chi connectivity index (χ4n) is 3.88. The van der Waals surface area contributed by atoms with Crippen LogP contribution in [0.3, 0.4) is 0 Å². The first-order valence-corrected chi connectivity index (χ1v) is 10.6. The summed E-state index contributed by atoms with van der Waals surface area (Å²) < 4.78 is 6.05. The van der Waals surface area contributed by atoms with E-state index in [4.69, 9.17) is 19.4 Å². The molecule has 156 valence electrons. The summed E-state index contributed by atoms with van der Waals surface area (Å²) in [6.07, 6.45) is 0. The molecule has 5 nitrogen and oxygen atoms in total. The van der Waals surface area contributed by atoms with Crippen LogP contribution < -0.4 is 5.43 Å². The molecule has 0 saturated carbocycles. The maximum atomic E-state index is 12.9. The summed E-state index contributed by atoms with van der Waals surface area (Å²) in [7, 11) is 0. The Morgan fingerprint density at radius 3 is 1.64 bits per heavy atom. The number of hydrogen-bond acceptors (Lipinski definition) is 5. The molecule has 0 saturated heterocycles. The quantitative estimate of drug-likeness (QED) is 0.318. The molecule has 0 unspecified atom stereocenters. The van der Waals surface area contributed by atoms with Gasteiger partial charge in [-0.2, -0.15) is 0 Å². The molecule has 0 aliphatic carbocycles. The van der Waals surface area contributed by atoms with Crippen LogP contribution in [0.25, 0.3) is 56.1 Å². The molecule has 0 aliphatic rings. The van der Waals surface area contributed by atoms with Crippen LogP contribution in [-0.2, 0) is 0 Å². The van der Waals surface area contributed by atoms with Crippen molar-refractivity contribution in [1.82, 2.24) is 15.0 Å². The third kappa shape index (κ3) is 3.46. The second-order valence-electron chi connectivity index (χ2n) is 7.68. The fraction of sp³-hybridized carbons (Fsp3) is 0. The van der Waals surface area contributed by atoms with Crippen molar-refractivity contribution >= 4 is 21.9 Å². The molecule has 0 amide bonds. The standard InChI is InChI=1S/C28H17N3O2/c32-25-21-13-7-8-14-23(21)33-24-17-20(15-16-22(24)25)28-30-26(18-9-3-1-4-10-18)29-27(31-28)19-11-5-2-6-12-19/h1-17H. The number of aromatic nitrogens is 3. The van der Waals surface area contributed by atoms with Crippen LogP contribution in [-0.4, -0.2) is 15.0 Å². The Kier molecular flexibility index (Phi) is 4.51. The van der Waals surface area contributed by atoms with E-state index in [2.05, 4.69) is 0 Å². The van der Waals surface area contributed by atoms with Crippen LogP contribution in [0.1, 0.15) is 0 Å². The van der Waals surface area contributed by atoms with Crippen molar-refractivity contribution in [2.24, 2.45) is 0 Å². The average molecular weight is 427 g/mol. The molecule has 6 aromatic rings. The largest absolute Gasteiger partial charge is 0.456 e. The predicted molar refractivity (Wildman–Crippen MR) is 130 cm³/mol. The fourth-order valence-corrected chi connectivity index (χ4v) is 3.88. The first-order chi connectivity index (χ1) is 16.3. The summed E-state index contributed by atoms with van der Waals surface area (Å²) in [4.78, 5) is 27.1. The molecule has 0 atom stereocenters. The molecule has 6 rings (SSSR count). The molecule has 5 heteroatoms. The van der Waals surface area contributed by atoms with E-state index >= 15 is 0 Å². The number of benzene rings is 4. The van der Waals surface area contributed by atoms with Crippen molar-refractivity contribution in [2.45, 2.75) is 0 Å². The van der Waals surface area contributed by atoms with Crippen LogP contribution in [0, 0.1) is 0 Å². The summed E-state index contributed by atoms with van der Waals surface area (Å²) >= 11 is 0. The lowest BCUT2D eigenvalue weighted by Crippen LogP contribution is -2.03. The Hall–Kier alpha value is -4.64. The molecule has 4 aromatic carbocycles. The van der Waals surface area contributed by atoms with Gasteiger partial charge >= 0.3 is 0 Å². The molecule has 0 fully saturated rings. The predicted octanol–water partition coefficient (Wildman–Crippen LogP) is 6.13. The molecule has 0 N–H and O–H groups in total. The normalized spacial score (nSPS) is 11.2. The van der Waals surface area contributed by atoms with Gasteiger partial charge in [-0.3, -0.25) is 4.79 Å². The molecular formula is C28H17N3O2. The van der Waals surface area contributed by atoms with E-state index in [1.54, 1.807) is 18.2 Å². The topological polar surface area (TPSA) is 68.9 Å². The van der Waals surface area contributed by atoms with E-state index in [0.717, 1.165) is 16.7 Å². The van der Waals surface area contributed by atoms with E-state index in [9.17, 15) is 4.79 Å². The van der Waals surface area contributed by atoms with Gasteiger partial charge in [0.2, 0.25) is 5.43 Å². The Morgan fingerprint density at radius 1 is 0.485 bits per heavy atom. The van der Waals surface area contributed by atoms with Crippen molar-refractivity contribution in [1.29, 1.82) is 0 Å². The average Bonchev–Trinajstić information content (AvgIpc) is 2.89. The lowest BCUT2D eigenvalue weighted by molar-refractivity contribution is 0.660. The molecular weight excluding hydrogens is 410 g/mol. The minimum absolute atomic E-state index is 0.0519. The first-order valence-electron chi connectivity index (χ1n) is 10.6. The maximum Gasteiger partial charge on any atom is 0.200 e. The zero-order valence-electron chi connectivity index (χ0n) is 17.5. The van der Waals surface area contributed by atoms with Gasteiger partial charge in [0, 0.05) is 16.7 Å². The second-order valence-corrected chi connectivity index (χ2v) is 7.68. The van der Waals surface area contributed by atoms with E-state index in [0.29, 0.717) is 39.4 Å². The van der Waals surface area contributed by atoms with Crippen molar-refractivity contribution in [2.75, 3.05) is 0 Å². The number of rotatable bonds is 3. The van der Waals surface area contributed by atoms with Gasteiger partial charge in [0.05, 0.1) is 10.8 Å². The van der Waals surface area contributed by atoms with Crippen LogP contribution in [0.2, 0.25) is 0 Å². The number of hydrogen-bond donors (Lipinski definition) is 0. The molecule has 33 heavy (non-hydrogen) atoms. The lowest BCUT2D eigenvalue weighted by atomic mass is 10.1. The van der Waals surface area contributed by atoms with Gasteiger partial charge in [-0.1, -0.05) is 78.9 Å². The minimum Gasteiger partial charge on any atom is -0.456 e. The van der Waals surface area contributed by atoms with Crippen molar-refractivity contribution in [3.05, 3.63) is 113 Å². The summed E-state index contributed by atoms with van der Waals surface area (Å²) in [6, 6.07) is 32.3. The summed E-state index contributed by atoms with van der Waals surface area (Å²) in [5.74, 6) is 1.68. The van der Waals surface area contributed by atoms with Crippen molar-refractivity contribution in [3.8, 4) is 34.2 Å². The molecule has 0 radical (unpaired) electrons. The highest BCUT2D eigenvalue weighted by atomic mass is 16.3. The van der Waals surface area contributed by atoms with Crippen LogP contribution >= 0.6 is 0 Å². The van der Waals surface area contributed by atoms with Gasteiger partial charge < -0.3 is 4.42 Å². The molecule has 0 aliphatic heterocycles. The van der Waals surface area contributed by atoms with E-state index in [1.807, 2.05) is 84.9 Å². The van der Waals surface area contributed by atoms with Crippen LogP contribution in [0.15, 0.2) is 112 Å². The molecule has 2 aromatic heterocycles. The van der Waals surface area contributed by atoms with Gasteiger partial charge in [-0.25, -0.2) is 15.0 Å². The number of nitrogens with zero attached hydrogens (tertiary/aromatic N) is 3. The minimum atomic E-state index is -0.0519. The maximum absolute atomic E-state index is 12.9. The first kappa shape index (κ1) is 19.1. The highest BCUT2D eigenvalue weighted by Crippen LogP contribution is 2.27. The highest BCUT2D eigenvalue weighted by Gasteiger charge is 2.14.